The molecule has 6 nitrogen and oxygen atoms in total. The number of amides is 1. The van der Waals surface area contributed by atoms with E-state index in [1.165, 1.54) is 12.1 Å². The molecule has 1 heterocycles. The summed E-state index contributed by atoms with van der Waals surface area (Å²) in [5.74, 6) is -0.261. The number of carbonyl (C=O) groups excluding carboxylic acids is 1. The maximum Gasteiger partial charge on any atom is 0.497 e. The second-order valence-corrected chi connectivity index (χ2v) is 11.8. The van der Waals surface area contributed by atoms with Crippen LogP contribution in [0.2, 0.25) is 10.0 Å². The maximum absolute atomic E-state index is 12.5. The average molecular weight is 498 g/mol. The van der Waals surface area contributed by atoms with E-state index in [0.717, 1.165) is 0 Å². The third-order valence-corrected chi connectivity index (χ3v) is 8.25. The molecule has 0 atom stereocenters. The Labute approximate surface area is 199 Å². The molecule has 32 heavy (non-hydrogen) atoms. The van der Waals surface area contributed by atoms with Gasteiger partial charge >= 0.3 is 7.12 Å². The number of anilines is 1. The Bertz CT molecular complexity index is 1090. The Morgan fingerprint density at radius 1 is 1.00 bits per heavy atom. The van der Waals surface area contributed by atoms with Gasteiger partial charge < -0.3 is 14.6 Å². The third-order valence-electron chi connectivity index (χ3n) is 5.88. The van der Waals surface area contributed by atoms with Crippen LogP contribution in [0.1, 0.15) is 40.2 Å². The molecule has 1 N–H and O–H groups in total. The van der Waals surface area contributed by atoms with Crippen LogP contribution in [0.25, 0.3) is 0 Å². The number of sulfone groups is 1. The Kier molecular flexibility index (Phi) is 7.04. The number of nitrogens with one attached hydrogen (secondary N) is 1. The van der Waals surface area contributed by atoms with Crippen LogP contribution >= 0.6 is 23.2 Å². The van der Waals surface area contributed by atoms with Crippen molar-refractivity contribution in [2.45, 2.75) is 57.1 Å². The van der Waals surface area contributed by atoms with Gasteiger partial charge in [-0.2, -0.15) is 0 Å². The zero-order valence-corrected chi connectivity index (χ0v) is 21.0. The fourth-order valence-corrected chi connectivity index (χ4v) is 4.76. The lowest BCUT2D eigenvalue weighted by Crippen LogP contribution is -2.41. The van der Waals surface area contributed by atoms with Crippen LogP contribution in [-0.2, 0) is 30.4 Å². The number of halogens is 2. The minimum absolute atomic E-state index is 0.0241. The van der Waals surface area contributed by atoms with Crippen molar-refractivity contribution in [1.82, 2.24) is 0 Å². The average Bonchev–Trinajstić information content (AvgIpc) is 2.88. The fraction of sp³-hybridized carbons (Fsp3) is 0.409. The molecular formula is C22H26BCl2NO5S. The molecule has 2 aromatic carbocycles. The van der Waals surface area contributed by atoms with E-state index in [1.54, 1.807) is 31.2 Å². The van der Waals surface area contributed by atoms with Gasteiger partial charge in [0.1, 0.15) is 0 Å². The number of hydrogen-bond donors (Lipinski definition) is 1. The number of rotatable bonds is 6. The van der Waals surface area contributed by atoms with E-state index in [-0.39, 0.29) is 23.0 Å². The van der Waals surface area contributed by atoms with E-state index in [9.17, 15) is 13.2 Å². The van der Waals surface area contributed by atoms with Crippen molar-refractivity contribution in [3.63, 3.8) is 0 Å². The van der Waals surface area contributed by atoms with Crippen LogP contribution in [0.4, 0.5) is 5.69 Å². The second-order valence-electron chi connectivity index (χ2n) is 8.71. The summed E-state index contributed by atoms with van der Waals surface area (Å²) in [5.41, 5.74) is 0.559. The summed E-state index contributed by atoms with van der Waals surface area (Å²) < 4.78 is 35.9. The van der Waals surface area contributed by atoms with Crippen LogP contribution in [0.15, 0.2) is 41.3 Å². The van der Waals surface area contributed by atoms with Crippen molar-refractivity contribution in [2.75, 3.05) is 11.1 Å². The molecule has 0 bridgehead atoms. The minimum atomic E-state index is -3.28. The Balaban J connectivity index is 1.72. The Morgan fingerprint density at radius 3 is 1.97 bits per heavy atom. The molecule has 0 spiro atoms. The molecule has 2 aromatic rings. The van der Waals surface area contributed by atoms with E-state index in [0.29, 0.717) is 26.8 Å². The highest BCUT2D eigenvalue weighted by Gasteiger charge is 2.52. The topological polar surface area (TPSA) is 81.7 Å². The molecular weight excluding hydrogens is 472 g/mol. The molecule has 1 saturated heterocycles. The molecule has 1 aliphatic rings. The summed E-state index contributed by atoms with van der Waals surface area (Å²) in [5, 5.41) is 3.41. The number of carbonyl (C=O) groups is 1. The maximum atomic E-state index is 12.5. The van der Waals surface area contributed by atoms with E-state index in [2.05, 4.69) is 5.32 Å². The van der Waals surface area contributed by atoms with Gasteiger partial charge in [0.15, 0.2) is 9.84 Å². The first-order chi connectivity index (χ1) is 14.8. The van der Waals surface area contributed by atoms with Gasteiger partial charge in [0.05, 0.1) is 28.3 Å². The van der Waals surface area contributed by atoms with Crippen LogP contribution in [0.5, 0.6) is 0 Å². The fourth-order valence-electron chi connectivity index (χ4n) is 3.21. The summed E-state index contributed by atoms with van der Waals surface area (Å²) in [4.78, 5) is 12.7. The predicted molar refractivity (Wildman–Crippen MR) is 129 cm³/mol. The van der Waals surface area contributed by atoms with Gasteiger partial charge in [0.2, 0.25) is 5.91 Å². The van der Waals surface area contributed by atoms with E-state index in [1.807, 2.05) is 27.7 Å². The minimum Gasteiger partial charge on any atom is -0.399 e. The molecule has 0 aromatic heterocycles. The van der Waals surface area contributed by atoms with Crippen molar-refractivity contribution < 1.29 is 22.5 Å². The molecule has 1 aliphatic heterocycles. The van der Waals surface area contributed by atoms with Crippen molar-refractivity contribution >= 4 is 57.2 Å². The lowest BCUT2D eigenvalue weighted by atomic mass is 9.79. The number of hydrogen-bond acceptors (Lipinski definition) is 5. The van der Waals surface area contributed by atoms with Gasteiger partial charge in [-0.15, -0.1) is 0 Å². The van der Waals surface area contributed by atoms with Crippen LogP contribution in [0, 0.1) is 0 Å². The monoisotopic (exact) mass is 497 g/mol. The first-order valence-electron chi connectivity index (χ1n) is 10.2. The molecule has 0 aliphatic carbocycles. The molecule has 0 saturated carbocycles. The van der Waals surface area contributed by atoms with Crippen molar-refractivity contribution in [2.24, 2.45) is 0 Å². The van der Waals surface area contributed by atoms with Crippen molar-refractivity contribution in [3.8, 4) is 0 Å². The predicted octanol–water partition coefficient (Wildman–Crippen LogP) is 4.27. The van der Waals surface area contributed by atoms with Gasteiger partial charge in [-0.1, -0.05) is 42.3 Å². The number of benzene rings is 2. The first kappa shape index (κ1) is 25.1. The summed E-state index contributed by atoms with van der Waals surface area (Å²) >= 11 is 12.9. The van der Waals surface area contributed by atoms with Crippen molar-refractivity contribution in [1.29, 1.82) is 0 Å². The van der Waals surface area contributed by atoms with Gasteiger partial charge in [-0.3, -0.25) is 4.79 Å². The molecule has 1 fully saturated rings. The van der Waals surface area contributed by atoms with Crippen LogP contribution in [-0.4, -0.2) is 38.4 Å². The first-order valence-corrected chi connectivity index (χ1v) is 12.6. The van der Waals surface area contributed by atoms with Crippen LogP contribution in [0.3, 0.4) is 0 Å². The normalized spacial score (nSPS) is 17.4. The molecule has 3 rings (SSSR count). The quantitative estimate of drug-likeness (QED) is 0.602. The lowest BCUT2D eigenvalue weighted by molar-refractivity contribution is -0.115. The van der Waals surface area contributed by atoms with E-state index < -0.39 is 28.2 Å². The van der Waals surface area contributed by atoms with Crippen LogP contribution < -0.4 is 10.8 Å². The zero-order chi connectivity index (χ0) is 23.9. The van der Waals surface area contributed by atoms with E-state index in [4.69, 9.17) is 32.5 Å². The third kappa shape index (κ3) is 5.15. The lowest BCUT2D eigenvalue weighted by Gasteiger charge is -2.32. The second kappa shape index (κ2) is 8.99. The zero-order valence-electron chi connectivity index (χ0n) is 18.7. The summed E-state index contributed by atoms with van der Waals surface area (Å²) in [7, 11) is -4.00. The standard InChI is InChI=1S/C22H26BCl2NO5S/c1-6-32(28,29)16-9-7-14(8-10-16)11-19(27)26-15-12-17(24)20(18(25)13-15)23-30-21(2,3)22(4,5)31-23/h7-10,12-13H,6,11H2,1-5H3,(H,26,27). The van der Waals surface area contributed by atoms with Gasteiger partial charge in [0, 0.05) is 21.2 Å². The molecule has 172 valence electrons. The summed E-state index contributed by atoms with van der Waals surface area (Å²) in [6, 6.07) is 9.47. The Morgan fingerprint density at radius 2 is 1.50 bits per heavy atom. The van der Waals surface area contributed by atoms with E-state index >= 15 is 0 Å². The highest BCUT2D eigenvalue weighted by Crippen LogP contribution is 2.38. The highest BCUT2D eigenvalue weighted by molar-refractivity contribution is 7.91. The highest BCUT2D eigenvalue weighted by atomic mass is 35.5. The molecule has 1 amide bonds. The Hall–Kier alpha value is -1.58. The SMILES string of the molecule is CCS(=O)(=O)c1ccc(CC(=O)Nc2cc(Cl)c(B3OC(C)(C)C(C)(C)O3)c(Cl)c2)cc1. The van der Waals surface area contributed by atoms with Gasteiger partial charge in [0.25, 0.3) is 0 Å². The smallest absolute Gasteiger partial charge is 0.399 e. The van der Waals surface area contributed by atoms with Gasteiger partial charge in [-0.05, 0) is 57.5 Å². The summed E-state index contributed by atoms with van der Waals surface area (Å²) in [6.07, 6.45) is 0.0701. The van der Waals surface area contributed by atoms with Gasteiger partial charge in [-0.25, -0.2) is 8.42 Å². The summed E-state index contributed by atoms with van der Waals surface area (Å²) in [6.45, 7) is 9.34. The molecule has 10 heteroatoms. The largest absolute Gasteiger partial charge is 0.497 e. The molecule has 0 radical (unpaired) electrons. The molecule has 0 unspecified atom stereocenters. The van der Waals surface area contributed by atoms with Crippen molar-refractivity contribution in [3.05, 3.63) is 52.0 Å².